The minimum Gasteiger partial charge on any atom is -0.416 e. The normalized spacial score (nSPS) is 9.87. The molecule has 0 spiro atoms. The van der Waals surface area contributed by atoms with E-state index < -0.39 is 0 Å². The molecule has 116 valence electrons. The first-order valence-electron chi connectivity index (χ1n) is 7.14. The van der Waals surface area contributed by atoms with Crippen LogP contribution in [0.1, 0.15) is 25.3 Å². The maximum absolute atomic E-state index is 8.12. The number of nitrogens with zero attached hydrogens (tertiary/aromatic N) is 2. The van der Waals surface area contributed by atoms with E-state index in [0.29, 0.717) is 17.7 Å². The van der Waals surface area contributed by atoms with Crippen molar-refractivity contribution in [2.45, 2.75) is 19.8 Å². The summed E-state index contributed by atoms with van der Waals surface area (Å²) in [6, 6.07) is 18.0. The second-order valence-electron chi connectivity index (χ2n) is 5.14. The van der Waals surface area contributed by atoms with E-state index in [4.69, 9.17) is 14.0 Å². The minimum atomic E-state index is 0.250. The monoisotopic (exact) mass is 308 g/mol. The summed E-state index contributed by atoms with van der Waals surface area (Å²) in [5.74, 6) is 1.62. The smallest absolute Gasteiger partial charge is 0.373 e. The van der Waals surface area contributed by atoms with Gasteiger partial charge in [-0.1, -0.05) is 44.2 Å². The van der Waals surface area contributed by atoms with Gasteiger partial charge in [-0.05, 0) is 35.7 Å². The second kappa shape index (κ2) is 7.82. The lowest BCUT2D eigenvalue weighted by Gasteiger charge is -2.04. The van der Waals surface area contributed by atoms with Crippen molar-refractivity contribution in [2.24, 2.45) is 0 Å². The molecule has 0 N–H and O–H groups in total. The zero-order chi connectivity index (χ0) is 16.7. The van der Waals surface area contributed by atoms with Gasteiger partial charge < -0.3 is 4.42 Å². The van der Waals surface area contributed by atoms with E-state index in [1.807, 2.05) is 42.5 Å². The standard InChI is InChI=1S/C17H16N2O.CO2/c1-12(2)13-8-10-15(11-9-13)17-19-18-16(20-17)14-6-4-3-5-7-14;2-1-3/h3-12H,1-2H3;. The molecule has 0 saturated carbocycles. The molecule has 3 aromatic rings. The Hall–Kier alpha value is -3.04. The highest BCUT2D eigenvalue weighted by Crippen LogP contribution is 2.25. The average molecular weight is 308 g/mol. The van der Waals surface area contributed by atoms with Crippen molar-refractivity contribution in [3.63, 3.8) is 0 Å². The fourth-order valence-electron chi connectivity index (χ4n) is 2.05. The summed E-state index contributed by atoms with van der Waals surface area (Å²) in [6.45, 7) is 4.35. The van der Waals surface area contributed by atoms with Crippen LogP contribution in [0.5, 0.6) is 0 Å². The third kappa shape index (κ3) is 4.22. The summed E-state index contributed by atoms with van der Waals surface area (Å²) in [4.78, 5) is 16.2. The highest BCUT2D eigenvalue weighted by atomic mass is 16.4. The zero-order valence-electron chi connectivity index (χ0n) is 12.9. The van der Waals surface area contributed by atoms with Crippen LogP contribution < -0.4 is 0 Å². The van der Waals surface area contributed by atoms with Gasteiger partial charge in [0, 0.05) is 11.1 Å². The molecule has 5 heteroatoms. The summed E-state index contributed by atoms with van der Waals surface area (Å²) in [5.41, 5.74) is 3.19. The molecular weight excluding hydrogens is 292 g/mol. The Labute approximate surface area is 134 Å². The summed E-state index contributed by atoms with van der Waals surface area (Å²) in [7, 11) is 0. The Kier molecular flexibility index (Phi) is 5.56. The van der Waals surface area contributed by atoms with Crippen molar-refractivity contribution >= 4 is 6.15 Å². The van der Waals surface area contributed by atoms with Crippen LogP contribution >= 0.6 is 0 Å². The van der Waals surface area contributed by atoms with Crippen LogP contribution in [0.3, 0.4) is 0 Å². The van der Waals surface area contributed by atoms with Crippen LogP contribution in [0.2, 0.25) is 0 Å². The molecule has 0 unspecified atom stereocenters. The average Bonchev–Trinajstić information content (AvgIpc) is 3.06. The Morgan fingerprint density at radius 1 is 0.826 bits per heavy atom. The van der Waals surface area contributed by atoms with Gasteiger partial charge in [0.25, 0.3) is 0 Å². The fraction of sp³-hybridized carbons (Fsp3) is 0.167. The molecule has 0 bridgehead atoms. The van der Waals surface area contributed by atoms with Gasteiger partial charge in [-0.3, -0.25) is 0 Å². The second-order valence-corrected chi connectivity index (χ2v) is 5.14. The predicted molar refractivity (Wildman–Crippen MR) is 84.3 cm³/mol. The largest absolute Gasteiger partial charge is 0.416 e. The molecule has 0 radical (unpaired) electrons. The van der Waals surface area contributed by atoms with Gasteiger partial charge >= 0.3 is 6.15 Å². The molecular formula is C18H16N2O3. The third-order valence-corrected chi connectivity index (χ3v) is 3.27. The minimum absolute atomic E-state index is 0.250. The number of hydrogen-bond donors (Lipinski definition) is 0. The van der Waals surface area contributed by atoms with Crippen molar-refractivity contribution in [2.75, 3.05) is 0 Å². The summed E-state index contributed by atoms with van der Waals surface area (Å²) in [6.07, 6.45) is 0.250. The van der Waals surface area contributed by atoms with Crippen molar-refractivity contribution in [1.82, 2.24) is 10.2 Å². The molecule has 2 aromatic carbocycles. The third-order valence-electron chi connectivity index (χ3n) is 3.27. The zero-order valence-corrected chi connectivity index (χ0v) is 12.9. The predicted octanol–water partition coefficient (Wildman–Crippen LogP) is 3.94. The van der Waals surface area contributed by atoms with Gasteiger partial charge in [0.05, 0.1) is 0 Å². The first kappa shape index (κ1) is 16.3. The molecule has 0 aliphatic carbocycles. The number of aromatic nitrogens is 2. The molecule has 1 heterocycles. The molecule has 0 saturated heterocycles. The summed E-state index contributed by atoms with van der Waals surface area (Å²) < 4.78 is 5.73. The van der Waals surface area contributed by atoms with Crippen LogP contribution in [0.15, 0.2) is 59.0 Å². The Balaban J connectivity index is 0.000000595. The maximum Gasteiger partial charge on any atom is 0.373 e. The van der Waals surface area contributed by atoms with Gasteiger partial charge in [-0.25, -0.2) is 0 Å². The van der Waals surface area contributed by atoms with Gasteiger partial charge in [-0.15, -0.1) is 10.2 Å². The lowest BCUT2D eigenvalue weighted by Crippen LogP contribution is -1.86. The molecule has 3 rings (SSSR count). The molecule has 0 amide bonds. The number of hydrogen-bond acceptors (Lipinski definition) is 5. The first-order valence-corrected chi connectivity index (χ1v) is 7.14. The van der Waals surface area contributed by atoms with Crippen LogP contribution in [0.25, 0.3) is 22.9 Å². The summed E-state index contributed by atoms with van der Waals surface area (Å²) >= 11 is 0. The maximum atomic E-state index is 8.12. The molecule has 0 fully saturated rings. The van der Waals surface area contributed by atoms with E-state index in [1.54, 1.807) is 0 Å². The number of benzene rings is 2. The molecule has 23 heavy (non-hydrogen) atoms. The summed E-state index contributed by atoms with van der Waals surface area (Å²) in [5, 5.41) is 8.22. The quantitative estimate of drug-likeness (QED) is 0.732. The molecule has 1 aromatic heterocycles. The van der Waals surface area contributed by atoms with E-state index in [1.165, 1.54) is 5.56 Å². The van der Waals surface area contributed by atoms with Gasteiger partial charge in [0.1, 0.15) is 0 Å². The molecule has 0 aliphatic rings. The SMILES string of the molecule is CC(C)c1ccc(-c2nnc(-c3ccccc3)o2)cc1.O=C=O. The lowest BCUT2D eigenvalue weighted by molar-refractivity contribution is -0.191. The topological polar surface area (TPSA) is 73.1 Å². The fourth-order valence-corrected chi connectivity index (χ4v) is 2.05. The number of carbonyl (C=O) groups excluding carboxylic acids is 2. The highest BCUT2D eigenvalue weighted by molar-refractivity contribution is 5.58. The van der Waals surface area contributed by atoms with E-state index in [9.17, 15) is 0 Å². The van der Waals surface area contributed by atoms with E-state index in [-0.39, 0.29) is 6.15 Å². The molecule has 0 atom stereocenters. The lowest BCUT2D eigenvalue weighted by atomic mass is 10.0. The van der Waals surface area contributed by atoms with E-state index >= 15 is 0 Å². The van der Waals surface area contributed by atoms with Crippen LogP contribution in [0, 0.1) is 0 Å². The Morgan fingerprint density at radius 3 is 1.78 bits per heavy atom. The van der Waals surface area contributed by atoms with Crippen LogP contribution in [-0.4, -0.2) is 16.3 Å². The molecule has 5 nitrogen and oxygen atoms in total. The Morgan fingerprint density at radius 2 is 1.30 bits per heavy atom. The van der Waals surface area contributed by atoms with Crippen LogP contribution in [-0.2, 0) is 9.59 Å². The first-order chi connectivity index (χ1) is 11.2. The molecule has 0 aliphatic heterocycles. The van der Waals surface area contributed by atoms with Gasteiger partial charge in [0.15, 0.2) is 0 Å². The number of rotatable bonds is 3. The van der Waals surface area contributed by atoms with Crippen molar-refractivity contribution in [3.05, 3.63) is 60.2 Å². The van der Waals surface area contributed by atoms with E-state index in [0.717, 1.165) is 11.1 Å². The Bertz CT molecular complexity index is 772. The highest BCUT2D eigenvalue weighted by Gasteiger charge is 2.10. The van der Waals surface area contributed by atoms with Crippen molar-refractivity contribution in [3.8, 4) is 22.9 Å². The van der Waals surface area contributed by atoms with Gasteiger partial charge in [-0.2, -0.15) is 9.59 Å². The van der Waals surface area contributed by atoms with Gasteiger partial charge in [0.2, 0.25) is 11.8 Å². The van der Waals surface area contributed by atoms with E-state index in [2.05, 4.69) is 36.2 Å². The van der Waals surface area contributed by atoms with Crippen molar-refractivity contribution < 1.29 is 14.0 Å². The van der Waals surface area contributed by atoms with Crippen LogP contribution in [0.4, 0.5) is 0 Å². The van der Waals surface area contributed by atoms with Crippen molar-refractivity contribution in [1.29, 1.82) is 0 Å².